The number of nitrogens with zero attached hydrogens (tertiary/aromatic N) is 2. The van der Waals surface area contributed by atoms with E-state index in [0.29, 0.717) is 0 Å². The van der Waals surface area contributed by atoms with Crippen molar-refractivity contribution in [2.75, 3.05) is 23.9 Å². The summed E-state index contributed by atoms with van der Waals surface area (Å²) in [6, 6.07) is 15.9. The molecular weight excluding hydrogens is 416 g/mol. The highest BCUT2D eigenvalue weighted by molar-refractivity contribution is 8.04. The Bertz CT molecular complexity index is 1080. The number of carbonyl (C=O) groups is 1. The van der Waals surface area contributed by atoms with Gasteiger partial charge in [-0.15, -0.1) is 6.10 Å². The zero-order valence-corrected chi connectivity index (χ0v) is 18.2. The first-order chi connectivity index (χ1) is 14.5. The van der Waals surface area contributed by atoms with Gasteiger partial charge in [0, 0.05) is 29.8 Å². The summed E-state index contributed by atoms with van der Waals surface area (Å²) in [4.78, 5) is 18.9. The van der Waals surface area contributed by atoms with E-state index in [2.05, 4.69) is 0 Å². The van der Waals surface area contributed by atoms with Gasteiger partial charge in [-0.25, -0.2) is 0 Å². The summed E-state index contributed by atoms with van der Waals surface area (Å²) in [5.74, 6) is -2.28. The summed E-state index contributed by atoms with van der Waals surface area (Å²) in [6.45, 7) is 0. The summed E-state index contributed by atoms with van der Waals surface area (Å²) in [6.07, 6.45) is 0.611. The third-order valence-corrected chi connectivity index (χ3v) is 8.26. The predicted octanol–water partition coefficient (Wildman–Crippen LogP) is 2.43. The number of thioether (sulfide) groups is 2. The second-order valence-electron chi connectivity index (χ2n) is 7.66. The summed E-state index contributed by atoms with van der Waals surface area (Å²) < 4.78 is 0. The number of Topliss-reactive ketones (excluding diaryl/α,β-unsaturated/α-hetero) is 1. The first-order valence-electron chi connectivity index (χ1n) is 9.76. The fraction of sp³-hybridized carbons (Fsp3) is 0.261. The van der Waals surface area contributed by atoms with Crippen LogP contribution in [0.4, 0.5) is 11.4 Å². The van der Waals surface area contributed by atoms with Crippen molar-refractivity contribution >= 4 is 40.7 Å². The first kappa shape index (κ1) is 19.8. The molecule has 1 saturated carbocycles. The number of rotatable bonds is 2. The Hall–Kier alpha value is -2.19. The third kappa shape index (κ3) is 3.08. The van der Waals surface area contributed by atoms with Gasteiger partial charge in [0.1, 0.15) is 5.78 Å². The second kappa shape index (κ2) is 7.50. The third-order valence-electron chi connectivity index (χ3n) is 5.89. The van der Waals surface area contributed by atoms with Crippen LogP contribution in [0.5, 0.6) is 0 Å². The van der Waals surface area contributed by atoms with Gasteiger partial charge in [-0.2, -0.15) is 0 Å². The maximum atomic E-state index is 13.2. The lowest BCUT2D eigenvalue weighted by molar-refractivity contribution is -0.458. The van der Waals surface area contributed by atoms with Crippen LogP contribution in [0, 0.1) is 11.8 Å². The van der Waals surface area contributed by atoms with Crippen molar-refractivity contribution in [3.63, 3.8) is 0 Å². The van der Waals surface area contributed by atoms with E-state index in [1.165, 1.54) is 23.5 Å². The van der Waals surface area contributed by atoms with Crippen LogP contribution < -0.4 is 20.0 Å². The maximum absolute atomic E-state index is 13.2. The highest BCUT2D eigenvalue weighted by atomic mass is 32.2. The Balaban J connectivity index is 1.41. The van der Waals surface area contributed by atoms with Crippen molar-refractivity contribution in [1.29, 1.82) is 0 Å². The zero-order valence-electron chi connectivity index (χ0n) is 16.5. The van der Waals surface area contributed by atoms with Crippen LogP contribution in [0.15, 0.2) is 80.5 Å². The van der Waals surface area contributed by atoms with Crippen LogP contribution in [-0.2, 0) is 4.79 Å². The molecule has 0 aromatic heterocycles. The van der Waals surface area contributed by atoms with Gasteiger partial charge in [0.25, 0.3) is 0 Å². The topological polar surface area (TPSA) is 69.7 Å². The standard InChI is InChI=1S/C23H20N2O3S2/c1-24-15-7-3-5-9-17(15)29-19(24)11-13-21(26)14(23(28)22(13)27)12-20-25(2)16-8-4-6-10-18(16)30-20/h3-14,21-22H,1-2H3/q-2/b19-11+,20-12+. The van der Waals surface area contributed by atoms with Gasteiger partial charge >= 0.3 is 0 Å². The van der Waals surface area contributed by atoms with E-state index < -0.39 is 29.8 Å². The van der Waals surface area contributed by atoms with E-state index in [4.69, 9.17) is 0 Å². The maximum Gasteiger partial charge on any atom is 0.125 e. The molecule has 2 heterocycles. The van der Waals surface area contributed by atoms with Crippen LogP contribution in [0.1, 0.15) is 0 Å². The summed E-state index contributed by atoms with van der Waals surface area (Å²) in [7, 11) is 3.83. The van der Waals surface area contributed by atoms with Crippen LogP contribution in [0.25, 0.3) is 0 Å². The van der Waals surface area contributed by atoms with Crippen molar-refractivity contribution in [1.82, 2.24) is 0 Å². The van der Waals surface area contributed by atoms with Crippen molar-refractivity contribution in [2.24, 2.45) is 11.8 Å². The highest BCUT2D eigenvalue weighted by Crippen LogP contribution is 2.48. The van der Waals surface area contributed by atoms with Crippen molar-refractivity contribution < 1.29 is 15.0 Å². The molecular formula is C23H20N2O3S2-2. The van der Waals surface area contributed by atoms with Crippen LogP contribution in [-0.4, -0.2) is 32.1 Å². The molecule has 1 aliphatic carbocycles. The van der Waals surface area contributed by atoms with Crippen LogP contribution in [0.2, 0.25) is 0 Å². The lowest BCUT2D eigenvalue weighted by atomic mass is 10.00. The molecule has 2 aromatic carbocycles. The summed E-state index contributed by atoms with van der Waals surface area (Å²) in [5.41, 5.74) is 2.09. The smallest absolute Gasteiger partial charge is 0.125 e. The Kier molecular flexibility index (Phi) is 4.94. The molecule has 2 aromatic rings. The summed E-state index contributed by atoms with van der Waals surface area (Å²) >= 11 is 3.06. The molecule has 0 amide bonds. The predicted molar refractivity (Wildman–Crippen MR) is 117 cm³/mol. The van der Waals surface area contributed by atoms with Crippen molar-refractivity contribution in [2.45, 2.75) is 22.0 Å². The molecule has 1 fully saturated rings. The quantitative estimate of drug-likeness (QED) is 0.716. The molecule has 154 valence electrons. The Morgan fingerprint density at radius 3 is 1.87 bits per heavy atom. The molecule has 7 heteroatoms. The largest absolute Gasteiger partial charge is 0.851 e. The van der Waals surface area contributed by atoms with Gasteiger partial charge in [0.05, 0.1) is 21.4 Å². The Morgan fingerprint density at radius 1 is 0.833 bits per heavy atom. The van der Waals surface area contributed by atoms with Crippen LogP contribution in [0.3, 0.4) is 0 Å². The molecule has 0 N–H and O–H groups in total. The van der Waals surface area contributed by atoms with Gasteiger partial charge in [0.15, 0.2) is 0 Å². The Labute approximate surface area is 184 Å². The number of fused-ring (bicyclic) bond motifs is 2. The first-order valence-corrected chi connectivity index (χ1v) is 11.4. The number of hydrogen-bond acceptors (Lipinski definition) is 7. The normalized spacial score (nSPS) is 30.5. The SMILES string of the molecule is CN1/C(=C\C2C(=O)C([O-])C(/C=C3/Sc4ccccc4N3C)C2[O-])Sc2ccccc21. The number of anilines is 2. The van der Waals surface area contributed by atoms with Gasteiger partial charge in [0.2, 0.25) is 0 Å². The van der Waals surface area contributed by atoms with E-state index in [1.807, 2.05) is 72.4 Å². The number of para-hydroxylation sites is 2. The molecule has 0 spiro atoms. The van der Waals surface area contributed by atoms with Gasteiger partial charge in [-0.05, 0) is 36.3 Å². The van der Waals surface area contributed by atoms with Crippen LogP contribution >= 0.6 is 23.5 Å². The average molecular weight is 437 g/mol. The Morgan fingerprint density at radius 2 is 1.33 bits per heavy atom. The minimum atomic E-state index is -1.53. The number of hydrogen-bond donors (Lipinski definition) is 0. The van der Waals surface area contributed by atoms with Crippen molar-refractivity contribution in [3.8, 4) is 0 Å². The highest BCUT2D eigenvalue weighted by Gasteiger charge is 2.38. The fourth-order valence-electron chi connectivity index (χ4n) is 4.16. The molecule has 0 saturated heterocycles. The molecule has 5 rings (SSSR count). The minimum Gasteiger partial charge on any atom is -0.851 e. The second-order valence-corrected chi connectivity index (χ2v) is 9.78. The number of ketones is 1. The van der Waals surface area contributed by atoms with E-state index in [0.717, 1.165) is 31.2 Å². The lowest BCUT2D eigenvalue weighted by Crippen LogP contribution is -2.40. The molecule has 4 unspecified atom stereocenters. The van der Waals surface area contributed by atoms with Crippen molar-refractivity contribution in [3.05, 3.63) is 70.7 Å². The number of benzene rings is 2. The van der Waals surface area contributed by atoms with E-state index in [9.17, 15) is 15.0 Å². The van der Waals surface area contributed by atoms with E-state index >= 15 is 0 Å². The molecule has 2 aliphatic heterocycles. The molecule has 3 aliphatic rings. The minimum absolute atomic E-state index is 0.502. The molecule has 0 bridgehead atoms. The summed E-state index contributed by atoms with van der Waals surface area (Å²) in [5, 5.41) is 27.6. The molecule has 4 atom stereocenters. The monoisotopic (exact) mass is 436 g/mol. The zero-order chi connectivity index (χ0) is 21.0. The molecule has 5 nitrogen and oxygen atoms in total. The molecule has 30 heavy (non-hydrogen) atoms. The number of carbonyl (C=O) groups excluding carboxylic acids is 1. The van der Waals surface area contributed by atoms with E-state index in [-0.39, 0.29) is 0 Å². The fourth-order valence-corrected chi connectivity index (χ4v) is 6.44. The average Bonchev–Trinajstić information content (AvgIpc) is 3.31. The van der Waals surface area contributed by atoms with Gasteiger partial charge < -0.3 is 24.8 Å². The molecule has 0 radical (unpaired) electrons. The van der Waals surface area contributed by atoms with E-state index in [1.54, 1.807) is 12.2 Å². The van der Waals surface area contributed by atoms with Gasteiger partial charge in [-0.3, -0.25) is 0 Å². The van der Waals surface area contributed by atoms with Gasteiger partial charge in [-0.1, -0.05) is 60.0 Å². The lowest BCUT2D eigenvalue weighted by Gasteiger charge is -2.31.